The van der Waals surface area contributed by atoms with Crippen LogP contribution >= 0.6 is 11.6 Å². The zero-order valence-electron chi connectivity index (χ0n) is 10.4. The second-order valence-corrected chi connectivity index (χ2v) is 3.95. The standard InChI is InChI=1S/C12H16ClNO3/c1-7-5-9(16-3)10(8(15)6-14-2)11(13)12(7)17-4/h5,14H,6H2,1-4H3. The van der Waals surface area contributed by atoms with Crippen molar-refractivity contribution in [2.24, 2.45) is 0 Å². The Morgan fingerprint density at radius 2 is 2.06 bits per heavy atom. The Morgan fingerprint density at radius 3 is 2.53 bits per heavy atom. The van der Waals surface area contributed by atoms with Crippen molar-refractivity contribution in [2.75, 3.05) is 27.8 Å². The van der Waals surface area contributed by atoms with Crippen LogP contribution in [0.1, 0.15) is 15.9 Å². The van der Waals surface area contributed by atoms with Gasteiger partial charge in [-0.1, -0.05) is 11.6 Å². The fraction of sp³-hybridized carbons (Fsp3) is 0.417. The van der Waals surface area contributed by atoms with Gasteiger partial charge in [0.1, 0.15) is 11.5 Å². The predicted octanol–water partition coefficient (Wildman–Crippen LogP) is 2.07. The van der Waals surface area contributed by atoms with Gasteiger partial charge in [-0.2, -0.15) is 0 Å². The largest absolute Gasteiger partial charge is 0.496 e. The van der Waals surface area contributed by atoms with Crippen molar-refractivity contribution in [1.29, 1.82) is 0 Å². The van der Waals surface area contributed by atoms with E-state index in [1.54, 1.807) is 13.1 Å². The third-order valence-electron chi connectivity index (χ3n) is 2.41. The lowest BCUT2D eigenvalue weighted by Gasteiger charge is -2.14. The van der Waals surface area contributed by atoms with Crippen molar-refractivity contribution >= 4 is 17.4 Å². The van der Waals surface area contributed by atoms with Crippen molar-refractivity contribution in [3.8, 4) is 11.5 Å². The number of ether oxygens (including phenoxy) is 2. The summed E-state index contributed by atoms with van der Waals surface area (Å²) in [6.45, 7) is 2.04. The van der Waals surface area contributed by atoms with Gasteiger partial charge in [0.15, 0.2) is 5.78 Å². The number of ketones is 1. The number of rotatable bonds is 5. The van der Waals surface area contributed by atoms with Crippen LogP contribution in [0.2, 0.25) is 5.02 Å². The monoisotopic (exact) mass is 257 g/mol. The molecule has 0 bridgehead atoms. The molecule has 0 aromatic heterocycles. The van der Waals surface area contributed by atoms with Crippen LogP contribution in [0.4, 0.5) is 0 Å². The SMILES string of the molecule is CNCC(=O)c1c(OC)cc(C)c(OC)c1Cl. The fourth-order valence-electron chi connectivity index (χ4n) is 1.65. The van der Waals surface area contributed by atoms with E-state index < -0.39 is 0 Å². The number of benzene rings is 1. The van der Waals surface area contributed by atoms with E-state index in [4.69, 9.17) is 21.1 Å². The summed E-state index contributed by atoms with van der Waals surface area (Å²) in [5, 5.41) is 3.09. The molecule has 0 amide bonds. The second kappa shape index (κ2) is 5.89. The summed E-state index contributed by atoms with van der Waals surface area (Å²) in [7, 11) is 4.73. The van der Waals surface area contributed by atoms with E-state index in [0.717, 1.165) is 5.56 Å². The number of carbonyl (C=O) groups is 1. The number of Topliss-reactive ketones (excluding diaryl/α,β-unsaturated/α-hetero) is 1. The first-order valence-corrected chi connectivity index (χ1v) is 5.53. The number of hydrogen-bond acceptors (Lipinski definition) is 4. The lowest BCUT2D eigenvalue weighted by atomic mass is 10.1. The molecular weight excluding hydrogens is 242 g/mol. The topological polar surface area (TPSA) is 47.6 Å². The molecule has 0 saturated heterocycles. The van der Waals surface area contributed by atoms with Gasteiger partial charge in [-0.15, -0.1) is 0 Å². The summed E-state index contributed by atoms with van der Waals surface area (Å²) in [6.07, 6.45) is 0. The summed E-state index contributed by atoms with van der Waals surface area (Å²) in [6, 6.07) is 1.74. The summed E-state index contributed by atoms with van der Waals surface area (Å²) in [5.74, 6) is 0.841. The summed E-state index contributed by atoms with van der Waals surface area (Å²) in [5.41, 5.74) is 1.18. The molecule has 4 nitrogen and oxygen atoms in total. The molecule has 0 aliphatic carbocycles. The smallest absolute Gasteiger partial charge is 0.181 e. The van der Waals surface area contributed by atoms with Gasteiger partial charge in [0.05, 0.1) is 31.4 Å². The van der Waals surface area contributed by atoms with Crippen molar-refractivity contribution < 1.29 is 14.3 Å². The van der Waals surface area contributed by atoms with Gasteiger partial charge in [-0.05, 0) is 25.6 Å². The highest BCUT2D eigenvalue weighted by Crippen LogP contribution is 2.38. The first-order valence-electron chi connectivity index (χ1n) is 5.15. The molecule has 0 heterocycles. The normalized spacial score (nSPS) is 10.2. The zero-order chi connectivity index (χ0) is 13.0. The van der Waals surface area contributed by atoms with Gasteiger partial charge in [-0.3, -0.25) is 4.79 Å². The van der Waals surface area contributed by atoms with Crippen LogP contribution in [0.3, 0.4) is 0 Å². The third kappa shape index (κ3) is 2.70. The molecule has 17 heavy (non-hydrogen) atoms. The minimum absolute atomic E-state index is 0.132. The van der Waals surface area contributed by atoms with Gasteiger partial charge in [-0.25, -0.2) is 0 Å². The number of carbonyl (C=O) groups excluding carboxylic acids is 1. The van der Waals surface area contributed by atoms with Gasteiger partial charge in [0.25, 0.3) is 0 Å². The number of likely N-dealkylation sites (N-methyl/N-ethyl adjacent to an activating group) is 1. The Bertz CT molecular complexity index is 432. The van der Waals surface area contributed by atoms with Crippen molar-refractivity contribution in [3.63, 3.8) is 0 Å². The molecule has 94 valence electrons. The quantitative estimate of drug-likeness (QED) is 0.821. The highest BCUT2D eigenvalue weighted by atomic mass is 35.5. The lowest BCUT2D eigenvalue weighted by molar-refractivity contribution is 0.0990. The van der Waals surface area contributed by atoms with Crippen LogP contribution in [-0.4, -0.2) is 33.6 Å². The highest BCUT2D eigenvalue weighted by molar-refractivity contribution is 6.36. The van der Waals surface area contributed by atoms with Crippen LogP contribution in [0.15, 0.2) is 6.07 Å². The van der Waals surface area contributed by atoms with E-state index in [2.05, 4.69) is 5.32 Å². The van der Waals surface area contributed by atoms with E-state index in [1.807, 2.05) is 6.92 Å². The summed E-state index contributed by atoms with van der Waals surface area (Å²) < 4.78 is 10.4. The Morgan fingerprint density at radius 1 is 1.41 bits per heavy atom. The molecule has 1 aromatic rings. The van der Waals surface area contributed by atoms with Crippen LogP contribution in [0.25, 0.3) is 0 Å². The number of methoxy groups -OCH3 is 2. The maximum atomic E-state index is 11.9. The summed E-state index contributed by atoms with van der Waals surface area (Å²) in [4.78, 5) is 11.9. The third-order valence-corrected chi connectivity index (χ3v) is 2.77. The van der Waals surface area contributed by atoms with Gasteiger partial charge in [0.2, 0.25) is 0 Å². The van der Waals surface area contributed by atoms with E-state index >= 15 is 0 Å². The number of aryl methyl sites for hydroxylation is 1. The van der Waals surface area contributed by atoms with Crippen molar-refractivity contribution in [2.45, 2.75) is 6.92 Å². The molecule has 1 rings (SSSR count). The Balaban J connectivity index is 3.39. The molecule has 0 aliphatic rings. The van der Waals surface area contributed by atoms with Gasteiger partial charge in [0, 0.05) is 0 Å². The molecule has 0 aliphatic heterocycles. The molecule has 0 radical (unpaired) electrons. The maximum Gasteiger partial charge on any atom is 0.181 e. The van der Waals surface area contributed by atoms with E-state index in [-0.39, 0.29) is 12.3 Å². The average Bonchev–Trinajstić information content (AvgIpc) is 2.28. The van der Waals surface area contributed by atoms with E-state index in [1.165, 1.54) is 14.2 Å². The first kappa shape index (κ1) is 13.8. The molecule has 0 unspecified atom stereocenters. The molecule has 5 heteroatoms. The van der Waals surface area contributed by atoms with Crippen LogP contribution in [-0.2, 0) is 0 Å². The van der Waals surface area contributed by atoms with Crippen molar-refractivity contribution in [3.05, 3.63) is 22.2 Å². The molecule has 0 saturated carbocycles. The first-order chi connectivity index (χ1) is 8.06. The molecular formula is C12H16ClNO3. The second-order valence-electron chi connectivity index (χ2n) is 3.57. The Labute approximate surface area is 106 Å². The zero-order valence-corrected chi connectivity index (χ0v) is 11.1. The maximum absolute atomic E-state index is 11.9. The van der Waals surface area contributed by atoms with Crippen LogP contribution in [0, 0.1) is 6.92 Å². The molecule has 0 spiro atoms. The van der Waals surface area contributed by atoms with Crippen LogP contribution in [0.5, 0.6) is 11.5 Å². The van der Waals surface area contributed by atoms with Gasteiger partial charge < -0.3 is 14.8 Å². The molecule has 0 fully saturated rings. The van der Waals surface area contributed by atoms with Gasteiger partial charge >= 0.3 is 0 Å². The number of halogens is 1. The van der Waals surface area contributed by atoms with E-state index in [9.17, 15) is 4.79 Å². The minimum Gasteiger partial charge on any atom is -0.496 e. The number of nitrogens with one attached hydrogen (secondary N) is 1. The Hall–Kier alpha value is -1.26. The molecule has 0 atom stereocenters. The highest BCUT2D eigenvalue weighted by Gasteiger charge is 2.21. The van der Waals surface area contributed by atoms with E-state index in [0.29, 0.717) is 22.1 Å². The predicted molar refractivity (Wildman–Crippen MR) is 67.6 cm³/mol. The summed E-state index contributed by atoms with van der Waals surface area (Å²) >= 11 is 6.18. The minimum atomic E-state index is -0.132. The molecule has 1 N–H and O–H groups in total. The number of hydrogen-bond donors (Lipinski definition) is 1. The Kier molecular flexibility index (Phi) is 4.78. The lowest BCUT2D eigenvalue weighted by Crippen LogP contribution is -2.19. The fourth-order valence-corrected chi connectivity index (χ4v) is 2.07. The molecule has 1 aromatic carbocycles. The van der Waals surface area contributed by atoms with Crippen LogP contribution < -0.4 is 14.8 Å². The average molecular weight is 258 g/mol. The van der Waals surface area contributed by atoms with Crippen molar-refractivity contribution in [1.82, 2.24) is 5.32 Å².